The third kappa shape index (κ3) is 7.90. The Hall–Kier alpha value is -6.78. The van der Waals surface area contributed by atoms with E-state index in [0.29, 0.717) is 11.8 Å². The molecule has 13 atom stereocenters. The van der Waals surface area contributed by atoms with Crippen LogP contribution in [0.1, 0.15) is 110 Å². The predicted molar refractivity (Wildman–Crippen MR) is 280 cm³/mol. The van der Waals surface area contributed by atoms with Gasteiger partial charge in [0.15, 0.2) is 0 Å². The number of fused-ring (bicyclic) bond motifs is 2. The number of hydrogen-bond donors (Lipinski definition) is 4. The summed E-state index contributed by atoms with van der Waals surface area (Å²) in [5, 5.41) is 5.63. The first kappa shape index (κ1) is 47.9. The van der Waals surface area contributed by atoms with Crippen molar-refractivity contribution in [2.24, 2.45) is 23.7 Å². The van der Waals surface area contributed by atoms with Crippen LogP contribution in [-0.2, 0) is 47.8 Å². The number of aryl methyl sites for hydroxylation is 2. The van der Waals surface area contributed by atoms with E-state index in [1.165, 1.54) is 47.6 Å². The predicted octanol–water partition coefficient (Wildman–Crippen LogP) is 8.84. The molecular weight excluding hydrogens is 949 g/mol. The van der Waals surface area contributed by atoms with Gasteiger partial charge in [-0.15, -0.1) is 0 Å². The van der Waals surface area contributed by atoms with Crippen LogP contribution in [0.5, 0.6) is 0 Å². The van der Waals surface area contributed by atoms with Crippen LogP contribution in [0.4, 0.5) is 9.59 Å². The van der Waals surface area contributed by atoms with E-state index in [2.05, 4.69) is 100 Å². The van der Waals surface area contributed by atoms with E-state index in [4.69, 9.17) is 28.9 Å². The van der Waals surface area contributed by atoms with Crippen molar-refractivity contribution in [3.63, 3.8) is 0 Å². The van der Waals surface area contributed by atoms with Crippen LogP contribution < -0.4 is 10.6 Å². The number of aromatic amines is 2. The fourth-order valence-electron chi connectivity index (χ4n) is 15.4. The first-order valence-corrected chi connectivity index (χ1v) is 27.2. The molecule has 16 heteroatoms. The number of amides is 4. The molecule has 4 saturated heterocycles. The highest BCUT2D eigenvalue weighted by molar-refractivity contribution is 5.90. The lowest BCUT2D eigenvalue weighted by Crippen LogP contribution is -2.66. The van der Waals surface area contributed by atoms with Gasteiger partial charge >= 0.3 is 12.2 Å². The van der Waals surface area contributed by atoms with Crippen LogP contribution >= 0.6 is 0 Å². The van der Waals surface area contributed by atoms with Crippen LogP contribution in [-0.4, -0.2) is 119 Å². The van der Waals surface area contributed by atoms with Gasteiger partial charge in [-0.25, -0.2) is 19.6 Å². The molecule has 2 aromatic heterocycles. The zero-order chi connectivity index (χ0) is 51.4. The van der Waals surface area contributed by atoms with Crippen molar-refractivity contribution in [3.05, 3.63) is 107 Å². The minimum Gasteiger partial charge on any atom is -0.453 e. The zero-order valence-electron chi connectivity index (χ0n) is 43.3. The van der Waals surface area contributed by atoms with Crippen molar-refractivity contribution in [3.8, 4) is 22.3 Å². The van der Waals surface area contributed by atoms with E-state index in [-0.39, 0.29) is 53.7 Å². The molecule has 4 amide bonds. The highest BCUT2D eigenvalue weighted by Crippen LogP contribution is 2.54. The number of nitrogens with zero attached hydrogens (tertiary/aromatic N) is 4. The van der Waals surface area contributed by atoms with E-state index in [9.17, 15) is 19.2 Å². The van der Waals surface area contributed by atoms with Crippen LogP contribution in [0.25, 0.3) is 44.3 Å². The van der Waals surface area contributed by atoms with Gasteiger partial charge in [-0.3, -0.25) is 9.59 Å². The fourth-order valence-corrected chi connectivity index (χ4v) is 15.4. The number of benzene rings is 4. The number of piperidine rings is 2. The minimum absolute atomic E-state index is 0.0270. The summed E-state index contributed by atoms with van der Waals surface area (Å²) in [7, 11) is 5.89. The summed E-state index contributed by atoms with van der Waals surface area (Å²) in [6, 6.07) is 24.9. The lowest BCUT2D eigenvalue weighted by Gasteiger charge is -2.49. The molecule has 0 spiro atoms. The van der Waals surface area contributed by atoms with Crippen molar-refractivity contribution in [1.82, 2.24) is 40.4 Å². The maximum absolute atomic E-state index is 14.4. The third-order valence-corrected chi connectivity index (χ3v) is 18.8. The lowest BCUT2D eigenvalue weighted by molar-refractivity contribution is -0.157. The van der Waals surface area contributed by atoms with E-state index in [0.717, 1.165) is 115 Å². The summed E-state index contributed by atoms with van der Waals surface area (Å²) in [4.78, 5) is 75.5. The second kappa shape index (κ2) is 18.8. The Balaban J connectivity index is 0.770. The van der Waals surface area contributed by atoms with Gasteiger partial charge in [-0.05, 0) is 144 Å². The van der Waals surface area contributed by atoms with Crippen LogP contribution in [0.15, 0.2) is 72.8 Å². The largest absolute Gasteiger partial charge is 0.453 e. The Morgan fingerprint density at radius 3 is 1.65 bits per heavy atom. The van der Waals surface area contributed by atoms with E-state index >= 15 is 0 Å². The van der Waals surface area contributed by atoms with E-state index < -0.39 is 36.5 Å². The second-order valence-corrected chi connectivity index (χ2v) is 22.5. The number of ether oxygens (including phenoxy) is 4. The van der Waals surface area contributed by atoms with E-state index in [1.54, 1.807) is 14.2 Å². The molecule has 16 rings (SSSR count). The summed E-state index contributed by atoms with van der Waals surface area (Å²) in [5.74, 6) is 2.35. The van der Waals surface area contributed by atoms with Gasteiger partial charge in [-0.2, -0.15) is 0 Å². The minimum atomic E-state index is -0.835. The molecule has 16 nitrogen and oxygen atoms in total. The molecule has 390 valence electrons. The number of aromatic nitrogens is 4. The van der Waals surface area contributed by atoms with Crippen LogP contribution in [0.3, 0.4) is 0 Å². The number of hydrogen-bond acceptors (Lipinski definition) is 10. The summed E-state index contributed by atoms with van der Waals surface area (Å²) >= 11 is 0. The van der Waals surface area contributed by atoms with Crippen molar-refractivity contribution in [1.29, 1.82) is 0 Å². The topological polar surface area (TPSA) is 193 Å². The molecule has 4 aliphatic heterocycles. The maximum atomic E-state index is 14.4. The summed E-state index contributed by atoms with van der Waals surface area (Å²) < 4.78 is 21.8. The molecule has 2 saturated carbocycles. The van der Waals surface area contributed by atoms with Crippen molar-refractivity contribution >= 4 is 46.1 Å². The smallest absolute Gasteiger partial charge is 0.407 e. The molecule has 10 aliphatic rings. The average Bonchev–Trinajstić information content (AvgIpc) is 4.31. The number of carbonyl (C=O) groups is 4. The molecule has 4 aromatic carbocycles. The van der Waals surface area contributed by atoms with Crippen LogP contribution in [0, 0.1) is 23.7 Å². The first-order valence-electron chi connectivity index (χ1n) is 27.2. The molecular formula is C59H66N8O8. The second-order valence-electron chi connectivity index (χ2n) is 22.5. The number of H-pyrrole nitrogens is 2. The SMILES string of the molecule is COC(=O)N[C@@H]1C(=O)N2[C@H](c3nc4ccc(-c5cc6ccc5CCc5ccc(c(-c7ccc8nc([C@@H]9C[C@@H]%10CCCC%11[C@@H](OC)[C@H](NC(=O)OC)C(=O)N9[C@@H]%11%10)[nH]c8c7)c5)C[C@H]6C)cc4[nH]3)C[C@@H]3CCCC([C@H]1OC)[C@@H]32. The van der Waals surface area contributed by atoms with Crippen molar-refractivity contribution in [2.45, 2.75) is 132 Å². The van der Waals surface area contributed by atoms with Crippen molar-refractivity contribution < 1.29 is 38.1 Å². The van der Waals surface area contributed by atoms with Gasteiger partial charge in [0.05, 0.1) is 60.6 Å². The third-order valence-electron chi connectivity index (χ3n) is 18.8. The normalized spacial score (nSPS) is 30.8. The molecule has 6 fully saturated rings. The summed E-state index contributed by atoms with van der Waals surface area (Å²) in [6.07, 6.45) is 8.11. The standard InChI is InChI=1S/C59H66N8O8/c1-29-22-33-15-13-30(23-40(33)34-18-20-42-44(25-34)62-54(60-42)46-27-36-8-6-10-38-50(36)66(46)56(68)48(52(38)72-2)64-58(70)74-4)12-14-31-16-17-32(29)24-41(31)35-19-21-43-45(26-35)63-55(61-43)47-28-37-9-7-11-39-51(37)67(47)57(69)49(53(39)73-3)65-59(71)75-5/h13,15-21,23-26,29,36-39,46-53H,6-12,14,22,27-28H2,1-5H3,(H,60,62)(H,61,63)(H,64,70)(H,65,71)/t29-,36+,37+,38?,39?,46+,47+,48+,49+,50-,51-,52-,53-/m1/s1. The Morgan fingerprint density at radius 2 is 1.13 bits per heavy atom. The number of nitrogens with one attached hydrogen (secondary N) is 4. The number of alkyl carbamates (subject to hydrolysis) is 2. The number of rotatable bonds is 8. The number of carbonyl (C=O) groups excluding carboxylic acids is 4. The fraction of sp³-hybridized carbons (Fsp3) is 0.492. The van der Waals surface area contributed by atoms with Gasteiger partial charge in [0.2, 0.25) is 11.8 Å². The van der Waals surface area contributed by atoms with Crippen molar-refractivity contribution in [2.75, 3.05) is 28.4 Å². The quantitative estimate of drug-likeness (QED) is 0.115. The van der Waals surface area contributed by atoms with Gasteiger partial charge in [0, 0.05) is 38.1 Å². The Bertz CT molecular complexity index is 3260. The van der Waals surface area contributed by atoms with E-state index in [1.807, 2.05) is 9.80 Å². The maximum Gasteiger partial charge on any atom is 0.407 e. The zero-order valence-corrected chi connectivity index (χ0v) is 43.3. The Kier molecular flexibility index (Phi) is 12.0. The molecule has 0 radical (unpaired) electrons. The Morgan fingerprint density at radius 1 is 0.613 bits per heavy atom. The van der Waals surface area contributed by atoms with Gasteiger partial charge < -0.3 is 49.3 Å². The molecule has 6 aromatic rings. The molecule has 6 heterocycles. The number of imidazole rings is 2. The number of methoxy groups -OCH3 is 4. The average molecular weight is 1020 g/mol. The summed E-state index contributed by atoms with van der Waals surface area (Å²) in [6.45, 7) is 2.31. The van der Waals surface area contributed by atoms with Gasteiger partial charge in [0.1, 0.15) is 23.7 Å². The first-order chi connectivity index (χ1) is 36.5. The molecule has 4 bridgehead atoms. The highest BCUT2D eigenvalue weighted by Gasteiger charge is 2.60. The van der Waals surface area contributed by atoms with Gasteiger partial charge in [0.25, 0.3) is 0 Å². The Labute approximate surface area is 436 Å². The molecule has 4 N–H and O–H groups in total. The molecule has 75 heavy (non-hydrogen) atoms. The molecule has 2 unspecified atom stereocenters. The lowest BCUT2D eigenvalue weighted by atomic mass is 9.71. The highest BCUT2D eigenvalue weighted by atomic mass is 16.5. The summed E-state index contributed by atoms with van der Waals surface area (Å²) in [5.41, 5.74) is 13.3. The van der Waals surface area contributed by atoms with Crippen LogP contribution in [0.2, 0.25) is 0 Å². The monoisotopic (exact) mass is 1010 g/mol. The molecule has 6 aliphatic carbocycles. The van der Waals surface area contributed by atoms with Gasteiger partial charge in [-0.1, -0.05) is 68.3 Å².